The van der Waals surface area contributed by atoms with E-state index in [2.05, 4.69) is 9.89 Å². The molecular weight excluding hydrogens is 290 g/mol. The first-order valence-electron chi connectivity index (χ1n) is 7.18. The third-order valence-corrected chi connectivity index (χ3v) is 4.37. The Labute approximate surface area is 129 Å². The Morgan fingerprint density at radius 1 is 1.52 bits per heavy atom. The fourth-order valence-corrected chi connectivity index (χ4v) is 3.29. The highest BCUT2D eigenvalue weighted by molar-refractivity contribution is 6.32. The van der Waals surface area contributed by atoms with E-state index >= 15 is 0 Å². The molecule has 0 amide bonds. The number of ether oxygens (including phenoxy) is 2. The average Bonchev–Trinajstić information content (AvgIpc) is 2.95. The standard InChI is InChI=1S/C15H20ClN3O2/c1-20-13-5-10-4-12(8-21-15(10)14(16)6-13)19-9-18-7-11(19)2-3-17/h5-7,11-12H,2-4,8-9,17H2,1H3. The van der Waals surface area contributed by atoms with Crippen molar-refractivity contribution < 1.29 is 9.47 Å². The first-order chi connectivity index (χ1) is 10.2. The lowest BCUT2D eigenvalue weighted by molar-refractivity contribution is 0.114. The van der Waals surface area contributed by atoms with Crippen LogP contribution < -0.4 is 15.2 Å². The van der Waals surface area contributed by atoms with Crippen LogP contribution in [-0.4, -0.2) is 50.1 Å². The topological polar surface area (TPSA) is 60.1 Å². The van der Waals surface area contributed by atoms with Crippen molar-refractivity contribution in [1.29, 1.82) is 0 Å². The molecule has 3 rings (SSSR count). The summed E-state index contributed by atoms with van der Waals surface area (Å²) in [5.41, 5.74) is 6.77. The van der Waals surface area contributed by atoms with Crippen LogP contribution in [0.25, 0.3) is 0 Å². The zero-order valence-electron chi connectivity index (χ0n) is 12.1. The Kier molecular flexibility index (Phi) is 4.33. The summed E-state index contributed by atoms with van der Waals surface area (Å²) in [5, 5.41) is 0.610. The van der Waals surface area contributed by atoms with Gasteiger partial charge in [0.1, 0.15) is 18.1 Å². The minimum absolute atomic E-state index is 0.291. The lowest BCUT2D eigenvalue weighted by atomic mass is 10.00. The molecule has 2 N–H and O–H groups in total. The second-order valence-electron chi connectivity index (χ2n) is 5.40. The van der Waals surface area contributed by atoms with Crippen LogP contribution in [0.2, 0.25) is 5.02 Å². The van der Waals surface area contributed by atoms with Crippen LogP contribution >= 0.6 is 11.6 Å². The predicted molar refractivity (Wildman–Crippen MR) is 83.6 cm³/mol. The molecule has 0 spiro atoms. The van der Waals surface area contributed by atoms with Crippen molar-refractivity contribution in [3.8, 4) is 11.5 Å². The molecule has 0 saturated carbocycles. The van der Waals surface area contributed by atoms with Crippen LogP contribution in [0, 0.1) is 0 Å². The van der Waals surface area contributed by atoms with Crippen LogP contribution in [0.1, 0.15) is 12.0 Å². The van der Waals surface area contributed by atoms with Gasteiger partial charge in [0, 0.05) is 23.9 Å². The van der Waals surface area contributed by atoms with Gasteiger partial charge in [0.15, 0.2) is 0 Å². The van der Waals surface area contributed by atoms with Crippen LogP contribution in [0.4, 0.5) is 0 Å². The van der Waals surface area contributed by atoms with Gasteiger partial charge >= 0.3 is 0 Å². The fourth-order valence-electron chi connectivity index (χ4n) is 3.01. The van der Waals surface area contributed by atoms with E-state index in [-0.39, 0.29) is 0 Å². The predicted octanol–water partition coefficient (Wildman–Crippen LogP) is 1.71. The van der Waals surface area contributed by atoms with E-state index in [1.54, 1.807) is 13.2 Å². The van der Waals surface area contributed by atoms with Crippen LogP contribution in [-0.2, 0) is 6.42 Å². The normalized spacial score (nSPS) is 24.7. The van der Waals surface area contributed by atoms with Gasteiger partial charge in [-0.1, -0.05) is 11.6 Å². The Bertz CT molecular complexity index is 550. The smallest absolute Gasteiger partial charge is 0.141 e. The summed E-state index contributed by atoms with van der Waals surface area (Å²) in [6, 6.07) is 4.39. The van der Waals surface area contributed by atoms with Gasteiger partial charge in [0.25, 0.3) is 0 Å². The first kappa shape index (κ1) is 14.6. The van der Waals surface area contributed by atoms with Gasteiger partial charge < -0.3 is 15.2 Å². The molecule has 0 saturated heterocycles. The Morgan fingerprint density at radius 3 is 3.14 bits per heavy atom. The Morgan fingerprint density at radius 2 is 2.38 bits per heavy atom. The van der Waals surface area contributed by atoms with Crippen molar-refractivity contribution in [2.75, 3.05) is 26.9 Å². The average molecular weight is 310 g/mol. The van der Waals surface area contributed by atoms with Gasteiger partial charge in [0.05, 0.1) is 24.8 Å². The number of methoxy groups -OCH3 is 1. The molecule has 1 aromatic carbocycles. The van der Waals surface area contributed by atoms with Crippen molar-refractivity contribution in [3.05, 3.63) is 22.7 Å². The van der Waals surface area contributed by atoms with Gasteiger partial charge in [-0.25, -0.2) is 0 Å². The number of rotatable bonds is 4. The van der Waals surface area contributed by atoms with E-state index in [4.69, 9.17) is 26.8 Å². The first-order valence-corrected chi connectivity index (χ1v) is 7.55. The summed E-state index contributed by atoms with van der Waals surface area (Å²) in [7, 11) is 1.64. The number of aliphatic imine (C=N–C) groups is 1. The molecule has 0 fully saturated rings. The van der Waals surface area contributed by atoms with Crippen molar-refractivity contribution in [3.63, 3.8) is 0 Å². The minimum atomic E-state index is 0.291. The molecule has 2 heterocycles. The molecule has 1 aromatic rings. The molecule has 21 heavy (non-hydrogen) atoms. The molecule has 0 radical (unpaired) electrons. The lowest BCUT2D eigenvalue weighted by Crippen LogP contribution is -2.47. The monoisotopic (exact) mass is 309 g/mol. The van der Waals surface area contributed by atoms with Crippen molar-refractivity contribution in [1.82, 2.24) is 4.90 Å². The second kappa shape index (κ2) is 6.22. The Balaban J connectivity index is 1.79. The SMILES string of the molecule is COc1cc(Cl)c2c(c1)CC(N1CN=CC1CCN)CO2. The molecule has 114 valence electrons. The summed E-state index contributed by atoms with van der Waals surface area (Å²) in [5.74, 6) is 1.54. The summed E-state index contributed by atoms with van der Waals surface area (Å²) >= 11 is 6.25. The maximum atomic E-state index is 6.25. The van der Waals surface area contributed by atoms with Crippen LogP contribution in [0.15, 0.2) is 17.1 Å². The largest absolute Gasteiger partial charge is 0.497 e. The van der Waals surface area contributed by atoms with Crippen molar-refractivity contribution >= 4 is 17.8 Å². The highest BCUT2D eigenvalue weighted by Crippen LogP contribution is 2.37. The van der Waals surface area contributed by atoms with Crippen molar-refractivity contribution in [2.24, 2.45) is 10.7 Å². The third-order valence-electron chi connectivity index (χ3n) is 4.09. The van der Waals surface area contributed by atoms with Gasteiger partial charge in [-0.05, 0) is 25.5 Å². The summed E-state index contributed by atoms with van der Waals surface area (Å²) in [6.07, 6.45) is 3.81. The molecule has 0 bridgehead atoms. The van der Waals surface area contributed by atoms with Crippen LogP contribution in [0.5, 0.6) is 11.5 Å². The summed E-state index contributed by atoms with van der Waals surface area (Å²) < 4.78 is 11.2. The highest BCUT2D eigenvalue weighted by atomic mass is 35.5. The second-order valence-corrected chi connectivity index (χ2v) is 5.81. The zero-order valence-corrected chi connectivity index (χ0v) is 12.8. The number of nitrogens with two attached hydrogens (primary N) is 1. The number of nitrogens with zero attached hydrogens (tertiary/aromatic N) is 2. The lowest BCUT2D eigenvalue weighted by Gasteiger charge is -2.35. The molecule has 0 aliphatic carbocycles. The van der Waals surface area contributed by atoms with Gasteiger partial charge in [0.2, 0.25) is 0 Å². The van der Waals surface area contributed by atoms with E-state index in [1.165, 1.54) is 0 Å². The number of benzene rings is 1. The molecule has 2 aliphatic rings. The summed E-state index contributed by atoms with van der Waals surface area (Å²) in [6.45, 7) is 2.01. The third kappa shape index (κ3) is 2.86. The van der Waals surface area contributed by atoms with Gasteiger partial charge in [-0.15, -0.1) is 0 Å². The number of hydrogen-bond acceptors (Lipinski definition) is 5. The quantitative estimate of drug-likeness (QED) is 0.920. The molecule has 2 atom stereocenters. The van der Waals surface area contributed by atoms with Gasteiger partial charge in [-0.2, -0.15) is 0 Å². The van der Waals surface area contributed by atoms with Gasteiger partial charge in [-0.3, -0.25) is 9.89 Å². The zero-order chi connectivity index (χ0) is 14.8. The number of halogens is 1. The Hall–Kier alpha value is -1.30. The van der Waals surface area contributed by atoms with E-state index < -0.39 is 0 Å². The molecule has 5 nitrogen and oxygen atoms in total. The van der Waals surface area contributed by atoms with E-state index in [0.717, 1.165) is 29.9 Å². The van der Waals surface area contributed by atoms with Crippen LogP contribution in [0.3, 0.4) is 0 Å². The highest BCUT2D eigenvalue weighted by Gasteiger charge is 2.32. The van der Waals surface area contributed by atoms with E-state index in [0.29, 0.717) is 36.9 Å². The van der Waals surface area contributed by atoms with Crippen molar-refractivity contribution in [2.45, 2.75) is 24.9 Å². The maximum Gasteiger partial charge on any atom is 0.141 e. The molecule has 2 aliphatic heterocycles. The fraction of sp³-hybridized carbons (Fsp3) is 0.533. The molecular formula is C15H20ClN3O2. The number of fused-ring (bicyclic) bond motifs is 1. The molecule has 6 heteroatoms. The summed E-state index contributed by atoms with van der Waals surface area (Å²) in [4.78, 5) is 6.74. The molecule has 2 unspecified atom stereocenters. The molecule has 0 aromatic heterocycles. The van der Waals surface area contributed by atoms with E-state index in [1.807, 2.05) is 12.3 Å². The number of hydrogen-bond donors (Lipinski definition) is 1. The maximum absolute atomic E-state index is 6.25. The van der Waals surface area contributed by atoms with E-state index in [9.17, 15) is 0 Å². The minimum Gasteiger partial charge on any atom is -0.497 e.